The van der Waals surface area contributed by atoms with Crippen LogP contribution in [0.4, 0.5) is 4.39 Å². The summed E-state index contributed by atoms with van der Waals surface area (Å²) in [5.74, 6) is -0.896. The summed E-state index contributed by atoms with van der Waals surface area (Å²) >= 11 is 0. The highest BCUT2D eigenvalue weighted by molar-refractivity contribution is 6.05. The molecule has 8 heteroatoms. The van der Waals surface area contributed by atoms with Crippen LogP contribution in [-0.2, 0) is 22.7 Å². The van der Waals surface area contributed by atoms with Crippen LogP contribution in [0.5, 0.6) is 0 Å². The van der Waals surface area contributed by atoms with E-state index in [-0.39, 0.29) is 24.3 Å². The number of nitrogens with zero attached hydrogens (tertiary/aromatic N) is 2. The molecule has 4 rings (SSSR count). The molecule has 144 valence electrons. The highest BCUT2D eigenvalue weighted by Crippen LogP contribution is 2.28. The average Bonchev–Trinajstić information content (AvgIpc) is 2.90. The number of imide groups is 1. The molecule has 3 atom stereocenters. The predicted octanol–water partition coefficient (Wildman–Crippen LogP) is 0.319. The molecule has 3 amide bonds. The van der Waals surface area contributed by atoms with Crippen LogP contribution in [0.25, 0.3) is 0 Å². The zero-order valence-corrected chi connectivity index (χ0v) is 15.0. The van der Waals surface area contributed by atoms with Crippen molar-refractivity contribution in [2.75, 3.05) is 13.1 Å². The van der Waals surface area contributed by atoms with E-state index in [2.05, 4.69) is 5.32 Å². The van der Waals surface area contributed by atoms with Crippen LogP contribution in [0.15, 0.2) is 18.2 Å². The first-order valence-corrected chi connectivity index (χ1v) is 9.29. The molecule has 0 saturated carbocycles. The maximum absolute atomic E-state index is 13.7. The van der Waals surface area contributed by atoms with Gasteiger partial charge in [0.05, 0.1) is 0 Å². The number of rotatable bonds is 3. The summed E-state index contributed by atoms with van der Waals surface area (Å²) in [6, 6.07) is 4.83. The van der Waals surface area contributed by atoms with Crippen molar-refractivity contribution in [2.24, 2.45) is 5.73 Å². The Morgan fingerprint density at radius 3 is 2.78 bits per heavy atom. The molecule has 1 aromatic carbocycles. The number of carbonyl (C=O) groups is 3. The molecule has 3 heterocycles. The lowest BCUT2D eigenvalue weighted by molar-refractivity contribution is -0.136. The molecule has 3 N–H and O–H groups in total. The van der Waals surface area contributed by atoms with Crippen LogP contribution in [0.3, 0.4) is 0 Å². The molecule has 0 aromatic heterocycles. The van der Waals surface area contributed by atoms with Gasteiger partial charge in [0.25, 0.3) is 5.91 Å². The molecule has 3 aliphatic rings. The minimum Gasteiger partial charge on any atom is -0.326 e. The van der Waals surface area contributed by atoms with Crippen molar-refractivity contribution in [3.63, 3.8) is 0 Å². The van der Waals surface area contributed by atoms with Gasteiger partial charge in [-0.2, -0.15) is 0 Å². The molecule has 3 aliphatic heterocycles. The number of likely N-dealkylation sites (tertiary alicyclic amines) is 1. The monoisotopic (exact) mass is 374 g/mol. The van der Waals surface area contributed by atoms with Gasteiger partial charge in [-0.15, -0.1) is 0 Å². The van der Waals surface area contributed by atoms with Gasteiger partial charge in [-0.25, -0.2) is 4.39 Å². The summed E-state index contributed by atoms with van der Waals surface area (Å²) in [6.07, 6.45) is 0.0750. The summed E-state index contributed by atoms with van der Waals surface area (Å²) in [4.78, 5) is 39.7. The molecule has 0 spiro atoms. The van der Waals surface area contributed by atoms with E-state index in [0.717, 1.165) is 11.1 Å². The first-order chi connectivity index (χ1) is 12.9. The molecule has 1 unspecified atom stereocenters. The lowest BCUT2D eigenvalue weighted by atomic mass is 10.0. The second-order valence-electron chi connectivity index (χ2n) is 7.68. The number of benzene rings is 1. The number of piperidine rings is 2. The Morgan fingerprint density at radius 2 is 2.04 bits per heavy atom. The second-order valence-corrected chi connectivity index (χ2v) is 7.68. The van der Waals surface area contributed by atoms with E-state index in [1.54, 1.807) is 6.07 Å². The quantitative estimate of drug-likeness (QED) is 0.743. The van der Waals surface area contributed by atoms with E-state index >= 15 is 0 Å². The Hall–Kier alpha value is -2.32. The molecule has 27 heavy (non-hydrogen) atoms. The number of alkyl halides is 1. The smallest absolute Gasteiger partial charge is 0.255 e. The Balaban J connectivity index is 1.47. The van der Waals surface area contributed by atoms with Crippen LogP contribution >= 0.6 is 0 Å². The van der Waals surface area contributed by atoms with Crippen LogP contribution in [0.1, 0.15) is 40.7 Å². The first kappa shape index (κ1) is 18.1. The van der Waals surface area contributed by atoms with Gasteiger partial charge >= 0.3 is 0 Å². The largest absolute Gasteiger partial charge is 0.326 e. The number of carbonyl (C=O) groups excluding carboxylic acids is 3. The number of amides is 3. The third kappa shape index (κ3) is 3.59. The highest BCUT2D eigenvalue weighted by atomic mass is 19.1. The van der Waals surface area contributed by atoms with E-state index in [1.165, 1.54) is 4.90 Å². The Bertz CT molecular complexity index is 789. The molecule has 7 nitrogen and oxygen atoms in total. The fraction of sp³-hybridized carbons (Fsp3) is 0.526. The molecular formula is C19H23FN4O3. The minimum absolute atomic E-state index is 0.159. The highest BCUT2D eigenvalue weighted by Gasteiger charge is 2.39. The van der Waals surface area contributed by atoms with E-state index in [4.69, 9.17) is 5.73 Å². The molecular weight excluding hydrogens is 351 g/mol. The molecule has 0 radical (unpaired) electrons. The SMILES string of the molecule is N[C@H]1C[C@H](F)CN(Cc2ccc3c(c2)CN(C2CCC(=O)NC2=O)C3=O)C1. The van der Waals surface area contributed by atoms with Crippen LogP contribution in [0, 0.1) is 0 Å². The Labute approximate surface area is 156 Å². The van der Waals surface area contributed by atoms with Gasteiger partial charge < -0.3 is 10.6 Å². The van der Waals surface area contributed by atoms with Gasteiger partial charge in [-0.3, -0.25) is 24.6 Å². The van der Waals surface area contributed by atoms with Crippen molar-refractivity contribution in [3.05, 3.63) is 34.9 Å². The van der Waals surface area contributed by atoms with Gasteiger partial charge in [0.2, 0.25) is 11.8 Å². The van der Waals surface area contributed by atoms with Gasteiger partial charge in [-0.05, 0) is 30.0 Å². The average molecular weight is 374 g/mol. The fourth-order valence-electron chi connectivity index (χ4n) is 4.28. The fourth-order valence-corrected chi connectivity index (χ4v) is 4.28. The van der Waals surface area contributed by atoms with E-state index in [9.17, 15) is 18.8 Å². The predicted molar refractivity (Wildman–Crippen MR) is 95.3 cm³/mol. The van der Waals surface area contributed by atoms with Gasteiger partial charge in [-0.1, -0.05) is 12.1 Å². The number of nitrogens with one attached hydrogen (secondary N) is 1. The van der Waals surface area contributed by atoms with Gasteiger partial charge in [0, 0.05) is 44.2 Å². The number of hydrogen-bond acceptors (Lipinski definition) is 5. The summed E-state index contributed by atoms with van der Waals surface area (Å²) in [7, 11) is 0. The second kappa shape index (κ2) is 7.01. The molecule has 1 aromatic rings. The van der Waals surface area contributed by atoms with Crippen molar-refractivity contribution in [2.45, 2.75) is 50.6 Å². The van der Waals surface area contributed by atoms with Crippen LogP contribution in [-0.4, -0.2) is 58.9 Å². The maximum atomic E-state index is 13.7. The van der Waals surface area contributed by atoms with E-state index in [1.807, 2.05) is 17.0 Å². The maximum Gasteiger partial charge on any atom is 0.255 e. The first-order valence-electron chi connectivity index (χ1n) is 9.29. The summed E-state index contributed by atoms with van der Waals surface area (Å²) in [5.41, 5.74) is 8.35. The topological polar surface area (TPSA) is 95.7 Å². The number of hydrogen-bond donors (Lipinski definition) is 2. The summed E-state index contributed by atoms with van der Waals surface area (Å²) in [5, 5.41) is 2.30. The zero-order chi connectivity index (χ0) is 19.1. The number of fused-ring (bicyclic) bond motifs is 1. The van der Waals surface area contributed by atoms with Crippen molar-refractivity contribution >= 4 is 17.7 Å². The molecule has 0 aliphatic carbocycles. The summed E-state index contributed by atoms with van der Waals surface area (Å²) < 4.78 is 13.7. The van der Waals surface area contributed by atoms with Crippen molar-refractivity contribution in [3.8, 4) is 0 Å². The van der Waals surface area contributed by atoms with Crippen molar-refractivity contribution in [1.82, 2.24) is 15.1 Å². The van der Waals surface area contributed by atoms with Crippen molar-refractivity contribution < 1.29 is 18.8 Å². The van der Waals surface area contributed by atoms with Gasteiger partial charge in [0.1, 0.15) is 12.2 Å². The Kier molecular flexibility index (Phi) is 4.69. The third-order valence-electron chi connectivity index (χ3n) is 5.50. The number of halogens is 1. The third-order valence-corrected chi connectivity index (χ3v) is 5.50. The van der Waals surface area contributed by atoms with Crippen LogP contribution < -0.4 is 11.1 Å². The van der Waals surface area contributed by atoms with Crippen LogP contribution in [0.2, 0.25) is 0 Å². The lowest BCUT2D eigenvalue weighted by Crippen LogP contribution is -2.52. The molecule has 2 saturated heterocycles. The molecule has 2 fully saturated rings. The van der Waals surface area contributed by atoms with E-state index < -0.39 is 18.1 Å². The van der Waals surface area contributed by atoms with Crippen molar-refractivity contribution in [1.29, 1.82) is 0 Å². The lowest BCUT2D eigenvalue weighted by Gasteiger charge is -2.32. The van der Waals surface area contributed by atoms with E-state index in [0.29, 0.717) is 44.6 Å². The normalized spacial score (nSPS) is 29.0. The number of nitrogens with two attached hydrogens (primary N) is 1. The summed E-state index contributed by atoms with van der Waals surface area (Å²) in [6.45, 7) is 1.94. The molecule has 0 bridgehead atoms. The van der Waals surface area contributed by atoms with Gasteiger partial charge in [0.15, 0.2) is 0 Å². The Morgan fingerprint density at radius 1 is 1.22 bits per heavy atom. The minimum atomic E-state index is -0.909. The standard InChI is InChI=1S/C19H23FN4O3/c20-13-6-14(21)10-23(9-13)7-11-1-2-15-12(5-11)8-24(19(15)27)16-3-4-17(25)22-18(16)26/h1-2,5,13-14,16H,3-4,6-10,21H2,(H,22,25,26)/t13-,14-,16?/m0/s1. The zero-order valence-electron chi connectivity index (χ0n) is 15.0.